The highest BCUT2D eigenvalue weighted by atomic mass is 16.1. The van der Waals surface area contributed by atoms with Crippen molar-refractivity contribution in [2.75, 3.05) is 0 Å². The highest BCUT2D eigenvalue weighted by Gasteiger charge is 2.21. The summed E-state index contributed by atoms with van der Waals surface area (Å²) in [5, 5.41) is 3.16. The van der Waals surface area contributed by atoms with E-state index >= 15 is 0 Å². The number of nitrogens with zero attached hydrogens (tertiary/aromatic N) is 1. The van der Waals surface area contributed by atoms with Crippen molar-refractivity contribution in [1.29, 1.82) is 0 Å². The Morgan fingerprint density at radius 2 is 1.72 bits per heavy atom. The number of benzene rings is 2. The maximum atomic E-state index is 11.2. The number of hydrogen-bond donors (Lipinski definition) is 1. The van der Waals surface area contributed by atoms with Crippen LogP contribution in [0.25, 0.3) is 0 Å². The molecule has 0 bridgehead atoms. The molecule has 0 radical (unpaired) electrons. The molecule has 1 atom stereocenters. The topological polar surface area (TPSA) is 41.5 Å². The number of nitrogens with one attached hydrogen (secondary N) is 1. The highest BCUT2D eigenvalue weighted by Crippen LogP contribution is 2.28. The summed E-state index contributed by atoms with van der Waals surface area (Å²) in [4.78, 5) is 15.7. The van der Waals surface area contributed by atoms with Crippen LogP contribution >= 0.6 is 0 Å². The fraction of sp³-hybridized carbons (Fsp3) is 0.0667. The third kappa shape index (κ3) is 1.80. The van der Waals surface area contributed by atoms with Crippen molar-refractivity contribution < 1.29 is 4.79 Å². The Kier molecular flexibility index (Phi) is 2.65. The smallest absolute Gasteiger partial charge is 0.146 e. The molecule has 0 amide bonds. The van der Waals surface area contributed by atoms with E-state index in [1.807, 2.05) is 54.6 Å². The second-order valence-corrected chi connectivity index (χ2v) is 4.14. The Bertz CT molecular complexity index is 605. The number of aliphatic imine (C=N–C) groups is 1. The van der Waals surface area contributed by atoms with Gasteiger partial charge in [-0.15, -0.1) is 0 Å². The van der Waals surface area contributed by atoms with Crippen molar-refractivity contribution in [3.8, 4) is 0 Å². The third-order valence-corrected chi connectivity index (χ3v) is 2.98. The molecule has 1 aliphatic heterocycles. The third-order valence-electron chi connectivity index (χ3n) is 2.98. The molecule has 1 unspecified atom stereocenters. The Morgan fingerprint density at radius 1 is 1.00 bits per heavy atom. The second kappa shape index (κ2) is 4.45. The maximum absolute atomic E-state index is 11.2. The first kappa shape index (κ1) is 10.7. The van der Waals surface area contributed by atoms with Gasteiger partial charge in [-0.25, -0.2) is 4.99 Å². The van der Waals surface area contributed by atoms with Gasteiger partial charge in [0.2, 0.25) is 0 Å². The first-order valence-electron chi connectivity index (χ1n) is 5.83. The molecule has 0 fully saturated rings. The summed E-state index contributed by atoms with van der Waals surface area (Å²) in [5.41, 5.74) is 2.76. The van der Waals surface area contributed by atoms with Crippen LogP contribution in [-0.2, 0) is 4.79 Å². The lowest BCUT2D eigenvalue weighted by Gasteiger charge is -2.23. The predicted molar refractivity (Wildman–Crippen MR) is 71.0 cm³/mol. The Morgan fingerprint density at radius 3 is 2.50 bits per heavy atom. The standard InChI is InChI=1S/C15H12N2O/c18-10-14-12-8-4-5-9-13(12)16-15(17-14)11-6-2-1-3-7-11/h1-10,14H,(H,16,17). The highest BCUT2D eigenvalue weighted by molar-refractivity contribution is 6.03. The molecule has 3 heteroatoms. The number of para-hydroxylation sites is 1. The molecular formula is C15H12N2O. The van der Waals surface area contributed by atoms with E-state index in [9.17, 15) is 4.79 Å². The van der Waals surface area contributed by atoms with Crippen molar-refractivity contribution in [1.82, 2.24) is 5.32 Å². The quantitative estimate of drug-likeness (QED) is 0.814. The molecule has 2 aromatic rings. The van der Waals surface area contributed by atoms with Gasteiger partial charge in [0, 0.05) is 11.1 Å². The maximum Gasteiger partial charge on any atom is 0.146 e. The van der Waals surface area contributed by atoms with Gasteiger partial charge < -0.3 is 10.1 Å². The van der Waals surface area contributed by atoms with E-state index in [0.29, 0.717) is 0 Å². The number of rotatable bonds is 2. The molecule has 3 rings (SSSR count). The van der Waals surface area contributed by atoms with E-state index in [1.54, 1.807) is 0 Å². The van der Waals surface area contributed by atoms with E-state index < -0.39 is 0 Å². The Labute approximate surface area is 105 Å². The SMILES string of the molecule is O=CC1NC(c2ccccc2)=Nc2ccccc21. The van der Waals surface area contributed by atoms with Crippen molar-refractivity contribution in [2.45, 2.75) is 6.04 Å². The van der Waals surface area contributed by atoms with Gasteiger partial charge in [0.25, 0.3) is 0 Å². The molecule has 0 spiro atoms. The summed E-state index contributed by atoms with van der Waals surface area (Å²) in [6.45, 7) is 0. The van der Waals surface area contributed by atoms with Gasteiger partial charge in [-0.2, -0.15) is 0 Å². The fourth-order valence-electron chi connectivity index (χ4n) is 2.08. The summed E-state index contributed by atoms with van der Waals surface area (Å²) >= 11 is 0. The van der Waals surface area contributed by atoms with Gasteiger partial charge in [0.05, 0.1) is 5.69 Å². The molecular weight excluding hydrogens is 224 g/mol. The van der Waals surface area contributed by atoms with Crippen molar-refractivity contribution in [2.24, 2.45) is 4.99 Å². The fourth-order valence-corrected chi connectivity index (χ4v) is 2.08. The molecule has 3 nitrogen and oxygen atoms in total. The molecule has 0 saturated carbocycles. The van der Waals surface area contributed by atoms with Crippen LogP contribution in [0.5, 0.6) is 0 Å². The molecule has 18 heavy (non-hydrogen) atoms. The average Bonchev–Trinajstić information content (AvgIpc) is 2.47. The minimum absolute atomic E-state index is 0.325. The lowest BCUT2D eigenvalue weighted by molar-refractivity contribution is -0.109. The van der Waals surface area contributed by atoms with Crippen LogP contribution in [0.1, 0.15) is 17.2 Å². The van der Waals surface area contributed by atoms with Gasteiger partial charge in [0.1, 0.15) is 18.2 Å². The summed E-state index contributed by atoms with van der Waals surface area (Å²) in [7, 11) is 0. The van der Waals surface area contributed by atoms with Crippen LogP contribution < -0.4 is 5.32 Å². The first-order valence-corrected chi connectivity index (χ1v) is 5.83. The van der Waals surface area contributed by atoms with Crippen LogP contribution in [0, 0.1) is 0 Å². The van der Waals surface area contributed by atoms with E-state index in [1.165, 1.54) is 0 Å². The lowest BCUT2D eigenvalue weighted by Crippen LogP contribution is -2.32. The zero-order chi connectivity index (χ0) is 12.4. The second-order valence-electron chi connectivity index (χ2n) is 4.14. The summed E-state index contributed by atoms with van der Waals surface area (Å²) in [6.07, 6.45) is 0.913. The van der Waals surface area contributed by atoms with Crippen LogP contribution in [0.2, 0.25) is 0 Å². The molecule has 0 aromatic heterocycles. The Hall–Kier alpha value is -2.42. The minimum atomic E-state index is -0.325. The van der Waals surface area contributed by atoms with Crippen molar-refractivity contribution in [3.05, 3.63) is 65.7 Å². The first-order chi connectivity index (χ1) is 8.88. The number of amidine groups is 1. The molecule has 1 N–H and O–H groups in total. The number of carbonyl (C=O) groups excluding carboxylic acids is 1. The van der Waals surface area contributed by atoms with Crippen molar-refractivity contribution in [3.63, 3.8) is 0 Å². The van der Waals surface area contributed by atoms with Gasteiger partial charge in [-0.3, -0.25) is 0 Å². The number of aldehydes is 1. The average molecular weight is 236 g/mol. The molecule has 0 aliphatic carbocycles. The number of hydrogen-bond acceptors (Lipinski definition) is 3. The monoisotopic (exact) mass is 236 g/mol. The molecule has 2 aromatic carbocycles. The number of carbonyl (C=O) groups is 1. The molecule has 1 aliphatic rings. The van der Waals surface area contributed by atoms with Crippen molar-refractivity contribution >= 4 is 17.8 Å². The van der Waals surface area contributed by atoms with Gasteiger partial charge in [-0.05, 0) is 6.07 Å². The Balaban J connectivity index is 2.10. The van der Waals surface area contributed by atoms with E-state index in [0.717, 1.165) is 28.9 Å². The summed E-state index contributed by atoms with van der Waals surface area (Å²) in [6, 6.07) is 17.2. The van der Waals surface area contributed by atoms with E-state index in [-0.39, 0.29) is 6.04 Å². The minimum Gasteiger partial charge on any atom is -0.356 e. The zero-order valence-corrected chi connectivity index (χ0v) is 9.71. The number of fused-ring (bicyclic) bond motifs is 1. The lowest BCUT2D eigenvalue weighted by atomic mass is 10.0. The molecule has 88 valence electrons. The largest absolute Gasteiger partial charge is 0.356 e. The summed E-state index contributed by atoms with van der Waals surface area (Å²) < 4.78 is 0. The summed E-state index contributed by atoms with van der Waals surface area (Å²) in [5.74, 6) is 0.742. The van der Waals surface area contributed by atoms with Gasteiger partial charge in [0.15, 0.2) is 0 Å². The molecule has 1 heterocycles. The normalized spacial score (nSPS) is 17.3. The van der Waals surface area contributed by atoms with Crippen LogP contribution in [0.3, 0.4) is 0 Å². The van der Waals surface area contributed by atoms with Crippen LogP contribution in [0.4, 0.5) is 5.69 Å². The van der Waals surface area contributed by atoms with Gasteiger partial charge in [-0.1, -0.05) is 48.5 Å². The van der Waals surface area contributed by atoms with Crippen LogP contribution in [0.15, 0.2) is 59.6 Å². The van der Waals surface area contributed by atoms with Gasteiger partial charge >= 0.3 is 0 Å². The van der Waals surface area contributed by atoms with E-state index in [4.69, 9.17) is 0 Å². The van der Waals surface area contributed by atoms with E-state index in [2.05, 4.69) is 10.3 Å². The predicted octanol–water partition coefficient (Wildman–Crippen LogP) is 2.61. The molecule has 0 saturated heterocycles. The van der Waals surface area contributed by atoms with Crippen LogP contribution in [-0.4, -0.2) is 12.1 Å². The zero-order valence-electron chi connectivity index (χ0n) is 9.71.